The highest BCUT2D eigenvalue weighted by Crippen LogP contribution is 2.36. The first-order valence-corrected chi connectivity index (χ1v) is 9.42. The highest BCUT2D eigenvalue weighted by atomic mass is 32.1. The van der Waals surface area contributed by atoms with E-state index in [1.54, 1.807) is 11.3 Å². The molecule has 5 rings (SSSR count). The van der Waals surface area contributed by atoms with E-state index in [9.17, 15) is 5.26 Å². The monoisotopic (exact) mass is 357 g/mol. The highest BCUT2D eigenvalue weighted by Gasteiger charge is 2.25. The number of thiophene rings is 1. The fraction of sp³-hybridized carbons (Fsp3) is 0.150. The normalized spacial score (nSPS) is 13.5. The number of hydrazone groups is 1. The zero-order valence-electron chi connectivity index (χ0n) is 13.9. The summed E-state index contributed by atoms with van der Waals surface area (Å²) in [5, 5.41) is 16.3. The lowest BCUT2D eigenvalue weighted by molar-refractivity contribution is 0.909. The lowest BCUT2D eigenvalue weighted by atomic mass is 10.1. The molecule has 0 atom stereocenters. The van der Waals surface area contributed by atoms with Crippen LogP contribution < -0.4 is 5.43 Å². The second-order valence-corrected chi connectivity index (χ2v) is 7.27. The summed E-state index contributed by atoms with van der Waals surface area (Å²) in [5.41, 5.74) is 8.82. The van der Waals surface area contributed by atoms with Crippen LogP contribution in [0.15, 0.2) is 46.9 Å². The van der Waals surface area contributed by atoms with Gasteiger partial charge in [-0.1, -0.05) is 18.2 Å². The Labute approximate surface area is 154 Å². The smallest absolute Gasteiger partial charge is 0.157 e. The molecule has 1 N–H and O–H groups in total. The maximum atomic E-state index is 9.76. The fourth-order valence-electron chi connectivity index (χ4n) is 3.73. The molecule has 0 saturated heterocycles. The van der Waals surface area contributed by atoms with Crippen LogP contribution in [0.2, 0.25) is 0 Å². The van der Waals surface area contributed by atoms with Crippen molar-refractivity contribution in [3.63, 3.8) is 0 Å². The number of rotatable bonds is 3. The summed E-state index contributed by atoms with van der Waals surface area (Å²) in [4.78, 5) is 5.82. The quantitative estimate of drug-likeness (QED) is 0.438. The average Bonchev–Trinajstić information content (AvgIpc) is 3.40. The van der Waals surface area contributed by atoms with Gasteiger partial charge < -0.3 is 0 Å². The molecule has 0 aliphatic heterocycles. The molecule has 26 heavy (non-hydrogen) atoms. The third kappa shape index (κ3) is 2.21. The van der Waals surface area contributed by atoms with E-state index in [1.165, 1.54) is 5.56 Å². The summed E-state index contributed by atoms with van der Waals surface area (Å²) in [5.74, 6) is 0.924. The van der Waals surface area contributed by atoms with Gasteiger partial charge in [0.05, 0.1) is 22.8 Å². The van der Waals surface area contributed by atoms with Crippen molar-refractivity contribution in [2.45, 2.75) is 19.3 Å². The SMILES string of the molecule is N#Cc1c2c(c(N/N=C\c3cccs3)n3c1nc1ccccc13)CCC2. The Hall–Kier alpha value is -3.17. The topological polar surface area (TPSA) is 65.5 Å². The summed E-state index contributed by atoms with van der Waals surface area (Å²) in [6.07, 6.45) is 4.75. The van der Waals surface area contributed by atoms with Gasteiger partial charge in [-0.05, 0) is 54.0 Å². The van der Waals surface area contributed by atoms with E-state index in [0.29, 0.717) is 11.2 Å². The third-order valence-electron chi connectivity index (χ3n) is 4.83. The number of imidazole rings is 1. The molecule has 6 heteroatoms. The van der Waals surface area contributed by atoms with Gasteiger partial charge in [0.25, 0.3) is 0 Å². The number of hydrogen-bond donors (Lipinski definition) is 1. The zero-order valence-corrected chi connectivity index (χ0v) is 14.8. The van der Waals surface area contributed by atoms with Crippen LogP contribution >= 0.6 is 11.3 Å². The Balaban J connectivity index is 1.77. The highest BCUT2D eigenvalue weighted by molar-refractivity contribution is 7.11. The Kier molecular flexibility index (Phi) is 3.47. The van der Waals surface area contributed by atoms with E-state index in [1.807, 2.05) is 52.4 Å². The van der Waals surface area contributed by atoms with Crippen LogP contribution in [0.4, 0.5) is 5.82 Å². The molecule has 0 fully saturated rings. The molecular weight excluding hydrogens is 342 g/mol. The molecule has 0 radical (unpaired) electrons. The third-order valence-corrected chi connectivity index (χ3v) is 5.64. The van der Waals surface area contributed by atoms with E-state index >= 15 is 0 Å². The second-order valence-electron chi connectivity index (χ2n) is 6.29. The van der Waals surface area contributed by atoms with Crippen molar-refractivity contribution in [3.8, 4) is 6.07 Å². The predicted molar refractivity (Wildman–Crippen MR) is 105 cm³/mol. The first-order valence-electron chi connectivity index (χ1n) is 8.54. The number of pyridine rings is 1. The van der Waals surface area contributed by atoms with E-state index in [2.05, 4.69) is 16.6 Å². The van der Waals surface area contributed by atoms with Gasteiger partial charge >= 0.3 is 0 Å². The second kappa shape index (κ2) is 5.97. The van der Waals surface area contributed by atoms with E-state index < -0.39 is 0 Å². The molecule has 0 spiro atoms. The van der Waals surface area contributed by atoms with Crippen molar-refractivity contribution in [2.75, 3.05) is 5.43 Å². The number of nitrogens with zero attached hydrogens (tertiary/aromatic N) is 4. The van der Waals surface area contributed by atoms with Crippen LogP contribution in [-0.4, -0.2) is 15.6 Å². The van der Waals surface area contributed by atoms with Gasteiger partial charge in [-0.3, -0.25) is 9.83 Å². The number of anilines is 1. The Morgan fingerprint density at radius 1 is 1.19 bits per heavy atom. The first kappa shape index (κ1) is 15.1. The van der Waals surface area contributed by atoms with Gasteiger partial charge in [-0.25, -0.2) is 4.98 Å². The minimum Gasteiger partial charge on any atom is -0.276 e. The lowest BCUT2D eigenvalue weighted by Gasteiger charge is -2.13. The van der Waals surface area contributed by atoms with Crippen molar-refractivity contribution in [3.05, 3.63) is 63.3 Å². The van der Waals surface area contributed by atoms with Gasteiger partial charge in [0, 0.05) is 4.88 Å². The minimum atomic E-state index is 0.696. The van der Waals surface area contributed by atoms with Gasteiger partial charge in [0.15, 0.2) is 5.65 Å². The Bertz CT molecular complexity index is 1190. The molecule has 5 nitrogen and oxygen atoms in total. The molecule has 1 aliphatic carbocycles. The van der Waals surface area contributed by atoms with E-state index in [-0.39, 0.29) is 0 Å². The number of nitrogens with one attached hydrogen (secondary N) is 1. The van der Waals surface area contributed by atoms with Crippen LogP contribution in [-0.2, 0) is 12.8 Å². The maximum Gasteiger partial charge on any atom is 0.157 e. The lowest BCUT2D eigenvalue weighted by Crippen LogP contribution is -2.06. The number of benzene rings is 1. The molecule has 0 unspecified atom stereocenters. The van der Waals surface area contributed by atoms with Gasteiger partial charge in [-0.2, -0.15) is 10.4 Å². The summed E-state index contributed by atoms with van der Waals surface area (Å²) in [6, 6.07) is 14.4. The number of fused-ring (bicyclic) bond motifs is 4. The molecule has 3 aromatic heterocycles. The van der Waals surface area contributed by atoms with E-state index in [0.717, 1.165) is 46.6 Å². The fourth-order valence-corrected chi connectivity index (χ4v) is 4.31. The van der Waals surface area contributed by atoms with Crippen LogP contribution in [0.3, 0.4) is 0 Å². The van der Waals surface area contributed by atoms with Crippen LogP contribution in [0.1, 0.15) is 28.0 Å². The standard InChI is InChI=1S/C20H15N5S/c21-11-16-14-6-3-7-15(14)20(24-22-12-13-5-4-10-26-13)25-18-9-2-1-8-17(18)23-19(16)25/h1-2,4-5,8-10,12,24H,3,6-7H2/b22-12-. The number of aromatic nitrogens is 2. The van der Waals surface area contributed by atoms with Gasteiger partial charge in [0.2, 0.25) is 0 Å². The summed E-state index contributed by atoms with van der Waals surface area (Å²) < 4.78 is 2.05. The summed E-state index contributed by atoms with van der Waals surface area (Å²) in [7, 11) is 0. The minimum absolute atomic E-state index is 0.696. The largest absolute Gasteiger partial charge is 0.276 e. The van der Waals surface area contributed by atoms with Crippen LogP contribution in [0, 0.1) is 11.3 Å². The molecular formula is C20H15N5S. The van der Waals surface area contributed by atoms with Crippen LogP contribution in [0.25, 0.3) is 16.7 Å². The van der Waals surface area contributed by atoms with E-state index in [4.69, 9.17) is 4.98 Å². The molecule has 0 saturated carbocycles. The first-order chi connectivity index (χ1) is 12.9. The Morgan fingerprint density at radius 2 is 2.08 bits per heavy atom. The maximum absolute atomic E-state index is 9.76. The molecule has 4 aromatic rings. The zero-order chi connectivity index (χ0) is 17.5. The summed E-state index contributed by atoms with van der Waals surface area (Å²) >= 11 is 1.65. The van der Waals surface area contributed by atoms with Crippen molar-refractivity contribution in [2.24, 2.45) is 5.10 Å². The van der Waals surface area contributed by atoms with Gasteiger partial charge in [-0.15, -0.1) is 11.3 Å². The Morgan fingerprint density at radius 3 is 2.92 bits per heavy atom. The molecule has 126 valence electrons. The number of para-hydroxylation sites is 2. The molecule has 0 amide bonds. The summed E-state index contributed by atoms with van der Waals surface area (Å²) in [6.45, 7) is 0. The number of hydrogen-bond acceptors (Lipinski definition) is 5. The predicted octanol–water partition coefficient (Wildman–Crippen LogP) is 4.36. The molecule has 1 aliphatic rings. The van der Waals surface area contributed by atoms with Crippen LogP contribution in [0.5, 0.6) is 0 Å². The number of nitriles is 1. The van der Waals surface area contributed by atoms with Gasteiger partial charge in [0.1, 0.15) is 11.9 Å². The van der Waals surface area contributed by atoms with Crippen molar-refractivity contribution < 1.29 is 0 Å². The molecule has 3 heterocycles. The van der Waals surface area contributed by atoms with Crippen molar-refractivity contribution >= 4 is 40.0 Å². The molecule has 0 bridgehead atoms. The molecule has 1 aromatic carbocycles. The average molecular weight is 357 g/mol. The van der Waals surface area contributed by atoms with Crippen molar-refractivity contribution in [1.82, 2.24) is 9.38 Å². The van der Waals surface area contributed by atoms with Crippen molar-refractivity contribution in [1.29, 1.82) is 5.26 Å².